The lowest BCUT2D eigenvalue weighted by molar-refractivity contribution is -0.126. The SMILES string of the molecule is Cc1ccc(C(C)NC(=O)C2CCN(S(=O)(=O)Cc3cccc(C)c3)CC2)cc1. The quantitative estimate of drug-likeness (QED) is 0.783. The van der Waals surface area contributed by atoms with E-state index in [4.69, 9.17) is 0 Å². The van der Waals surface area contributed by atoms with Gasteiger partial charge in [0.1, 0.15) is 0 Å². The summed E-state index contributed by atoms with van der Waals surface area (Å²) >= 11 is 0. The molecule has 3 rings (SSSR count). The van der Waals surface area contributed by atoms with Crippen LogP contribution in [0.5, 0.6) is 0 Å². The van der Waals surface area contributed by atoms with Gasteiger partial charge in [-0.3, -0.25) is 4.79 Å². The largest absolute Gasteiger partial charge is 0.349 e. The van der Waals surface area contributed by atoms with Gasteiger partial charge in [-0.1, -0.05) is 59.7 Å². The summed E-state index contributed by atoms with van der Waals surface area (Å²) in [6.45, 7) is 6.76. The molecule has 1 aliphatic heterocycles. The number of benzene rings is 2. The highest BCUT2D eigenvalue weighted by Gasteiger charge is 2.31. The number of hydrogen-bond acceptors (Lipinski definition) is 3. The van der Waals surface area contributed by atoms with Gasteiger partial charge in [0.25, 0.3) is 0 Å². The van der Waals surface area contributed by atoms with Crippen LogP contribution in [-0.2, 0) is 20.6 Å². The number of aryl methyl sites for hydroxylation is 2. The summed E-state index contributed by atoms with van der Waals surface area (Å²) in [6, 6.07) is 15.7. The Morgan fingerprint density at radius 1 is 1.07 bits per heavy atom. The zero-order chi connectivity index (χ0) is 21.0. The Labute approximate surface area is 174 Å². The molecule has 0 spiro atoms. The highest BCUT2D eigenvalue weighted by Crippen LogP contribution is 2.23. The van der Waals surface area contributed by atoms with Crippen molar-refractivity contribution in [1.29, 1.82) is 0 Å². The summed E-state index contributed by atoms with van der Waals surface area (Å²) in [5, 5.41) is 3.08. The molecule has 0 bridgehead atoms. The fourth-order valence-corrected chi connectivity index (χ4v) is 5.32. The van der Waals surface area contributed by atoms with Gasteiger partial charge in [-0.15, -0.1) is 0 Å². The van der Waals surface area contributed by atoms with E-state index >= 15 is 0 Å². The third kappa shape index (κ3) is 5.67. The van der Waals surface area contributed by atoms with E-state index in [1.165, 1.54) is 9.87 Å². The molecule has 0 saturated carbocycles. The number of carbonyl (C=O) groups is 1. The second-order valence-corrected chi connectivity index (χ2v) is 10.0. The smallest absolute Gasteiger partial charge is 0.223 e. The van der Waals surface area contributed by atoms with Gasteiger partial charge in [0.15, 0.2) is 0 Å². The first kappa shape index (κ1) is 21.5. The summed E-state index contributed by atoms with van der Waals surface area (Å²) in [5.41, 5.74) is 4.11. The van der Waals surface area contributed by atoms with Crippen LogP contribution in [0.1, 0.15) is 48.1 Å². The van der Waals surface area contributed by atoms with Crippen LogP contribution in [0.3, 0.4) is 0 Å². The average Bonchev–Trinajstić information content (AvgIpc) is 2.68. The first-order valence-electron chi connectivity index (χ1n) is 10.1. The second kappa shape index (κ2) is 9.09. The van der Waals surface area contributed by atoms with E-state index in [1.54, 1.807) is 0 Å². The van der Waals surface area contributed by atoms with E-state index in [0.717, 1.165) is 16.7 Å². The summed E-state index contributed by atoms with van der Waals surface area (Å²) in [6.07, 6.45) is 1.11. The molecule has 2 aromatic rings. The topological polar surface area (TPSA) is 66.5 Å². The fraction of sp³-hybridized carbons (Fsp3) is 0.435. The monoisotopic (exact) mass is 414 g/mol. The number of rotatable bonds is 6. The third-order valence-corrected chi connectivity index (χ3v) is 7.44. The maximum Gasteiger partial charge on any atom is 0.223 e. The molecule has 1 unspecified atom stereocenters. The van der Waals surface area contributed by atoms with Crippen molar-refractivity contribution in [3.63, 3.8) is 0 Å². The predicted molar refractivity (Wildman–Crippen MR) is 116 cm³/mol. The van der Waals surface area contributed by atoms with Crippen LogP contribution in [0, 0.1) is 19.8 Å². The number of carbonyl (C=O) groups excluding carboxylic acids is 1. The molecule has 0 aliphatic carbocycles. The van der Waals surface area contributed by atoms with E-state index in [1.807, 2.05) is 69.3 Å². The standard InChI is InChI=1S/C23H30N2O3S/c1-17-7-9-21(10-8-17)19(3)24-23(26)22-11-13-25(14-12-22)29(27,28)16-20-6-4-5-18(2)15-20/h4-10,15,19,22H,11-14,16H2,1-3H3,(H,24,26). The molecule has 1 fully saturated rings. The summed E-state index contributed by atoms with van der Waals surface area (Å²) in [4.78, 5) is 12.7. The number of nitrogens with one attached hydrogen (secondary N) is 1. The van der Waals surface area contributed by atoms with E-state index in [0.29, 0.717) is 25.9 Å². The van der Waals surface area contributed by atoms with Gasteiger partial charge in [0, 0.05) is 19.0 Å². The minimum Gasteiger partial charge on any atom is -0.349 e. The van der Waals surface area contributed by atoms with Crippen LogP contribution >= 0.6 is 0 Å². The van der Waals surface area contributed by atoms with E-state index < -0.39 is 10.0 Å². The maximum atomic E-state index is 12.8. The van der Waals surface area contributed by atoms with Crippen LogP contribution in [0.2, 0.25) is 0 Å². The van der Waals surface area contributed by atoms with Gasteiger partial charge in [-0.05, 0) is 44.7 Å². The Morgan fingerprint density at radius 2 is 1.72 bits per heavy atom. The normalized spacial score (nSPS) is 17.1. The molecule has 2 aromatic carbocycles. The molecule has 156 valence electrons. The van der Waals surface area contributed by atoms with Crippen molar-refractivity contribution in [3.8, 4) is 0 Å². The molecule has 1 saturated heterocycles. The molecule has 5 nitrogen and oxygen atoms in total. The number of amides is 1. The second-order valence-electron chi connectivity index (χ2n) is 8.06. The summed E-state index contributed by atoms with van der Waals surface area (Å²) < 4.78 is 27.0. The minimum absolute atomic E-state index is 0.00815. The first-order valence-corrected chi connectivity index (χ1v) is 11.8. The molecule has 0 radical (unpaired) electrons. The number of hydrogen-bond donors (Lipinski definition) is 1. The van der Waals surface area contributed by atoms with Crippen LogP contribution in [0.25, 0.3) is 0 Å². The van der Waals surface area contributed by atoms with E-state index in [2.05, 4.69) is 5.32 Å². The predicted octanol–water partition coefficient (Wildman–Crippen LogP) is 3.72. The van der Waals surface area contributed by atoms with Crippen LogP contribution in [0.15, 0.2) is 48.5 Å². The lowest BCUT2D eigenvalue weighted by Crippen LogP contribution is -2.43. The van der Waals surface area contributed by atoms with Crippen molar-refractivity contribution in [3.05, 3.63) is 70.8 Å². The third-order valence-electron chi connectivity index (χ3n) is 5.59. The lowest BCUT2D eigenvalue weighted by atomic mass is 9.96. The molecule has 1 N–H and O–H groups in total. The zero-order valence-corrected chi connectivity index (χ0v) is 18.2. The Kier molecular flexibility index (Phi) is 6.75. The van der Waals surface area contributed by atoms with Gasteiger partial charge in [-0.2, -0.15) is 0 Å². The maximum absolute atomic E-state index is 12.8. The average molecular weight is 415 g/mol. The van der Waals surface area contributed by atoms with Crippen molar-refractivity contribution in [1.82, 2.24) is 9.62 Å². The van der Waals surface area contributed by atoms with E-state index in [9.17, 15) is 13.2 Å². The molecule has 0 aromatic heterocycles. The summed E-state index contributed by atoms with van der Waals surface area (Å²) in [5.74, 6) is -0.127. The highest BCUT2D eigenvalue weighted by atomic mass is 32.2. The minimum atomic E-state index is -3.37. The molecular formula is C23H30N2O3S. The number of piperidine rings is 1. The number of sulfonamides is 1. The van der Waals surface area contributed by atoms with Crippen molar-refractivity contribution in [2.24, 2.45) is 5.92 Å². The Hall–Kier alpha value is -2.18. The molecule has 1 atom stereocenters. The fourth-order valence-electron chi connectivity index (χ4n) is 3.77. The van der Waals surface area contributed by atoms with Gasteiger partial charge < -0.3 is 5.32 Å². The van der Waals surface area contributed by atoms with Crippen molar-refractivity contribution in [2.75, 3.05) is 13.1 Å². The van der Waals surface area contributed by atoms with Gasteiger partial charge in [0.05, 0.1) is 11.8 Å². The van der Waals surface area contributed by atoms with Gasteiger partial charge >= 0.3 is 0 Å². The molecular weight excluding hydrogens is 384 g/mol. The Bertz CT molecular complexity index is 946. The van der Waals surface area contributed by atoms with Crippen molar-refractivity contribution >= 4 is 15.9 Å². The van der Waals surface area contributed by atoms with Crippen molar-refractivity contribution < 1.29 is 13.2 Å². The first-order chi connectivity index (χ1) is 13.7. The van der Waals surface area contributed by atoms with Crippen molar-refractivity contribution in [2.45, 2.75) is 45.4 Å². The summed E-state index contributed by atoms with van der Waals surface area (Å²) in [7, 11) is -3.37. The lowest BCUT2D eigenvalue weighted by Gasteiger charge is -2.31. The Balaban J connectivity index is 1.54. The molecule has 1 aliphatic rings. The molecule has 29 heavy (non-hydrogen) atoms. The van der Waals surface area contributed by atoms with Crippen LogP contribution < -0.4 is 5.32 Å². The highest BCUT2D eigenvalue weighted by molar-refractivity contribution is 7.88. The van der Waals surface area contributed by atoms with E-state index in [-0.39, 0.29) is 23.6 Å². The molecule has 6 heteroatoms. The van der Waals surface area contributed by atoms with Crippen LogP contribution in [-0.4, -0.2) is 31.7 Å². The molecule has 1 amide bonds. The molecule has 1 heterocycles. The van der Waals surface area contributed by atoms with Gasteiger partial charge in [0.2, 0.25) is 15.9 Å². The number of nitrogens with zero attached hydrogens (tertiary/aromatic N) is 1. The zero-order valence-electron chi connectivity index (χ0n) is 17.4. The Morgan fingerprint density at radius 3 is 2.34 bits per heavy atom. The van der Waals surface area contributed by atoms with Gasteiger partial charge in [-0.25, -0.2) is 12.7 Å². The van der Waals surface area contributed by atoms with Crippen LogP contribution in [0.4, 0.5) is 0 Å².